The molecule has 0 spiro atoms. The van der Waals surface area contributed by atoms with E-state index in [1.165, 1.54) is 6.08 Å². The monoisotopic (exact) mass is 173 g/mol. The fourth-order valence-corrected chi connectivity index (χ4v) is 0.549. The molecule has 3 N–H and O–H groups in total. The van der Waals surface area contributed by atoms with Crippen LogP contribution in [0.25, 0.3) is 0 Å². The molecule has 0 aromatic carbocycles. The summed E-state index contributed by atoms with van der Waals surface area (Å²) in [5.74, 6) is -1.91. The number of carbonyl (C=O) groups is 2. The SMILES string of the molecule is C=CCNC(=O)C(O)CC(=O)O. The van der Waals surface area contributed by atoms with Crippen LogP contribution in [0.3, 0.4) is 0 Å². The standard InChI is InChI=1S/C7H11NO4/c1-2-3-8-7(12)5(9)4-6(10)11/h2,5,9H,1,3-4H2,(H,8,12)(H,10,11). The van der Waals surface area contributed by atoms with Gasteiger partial charge in [-0.15, -0.1) is 6.58 Å². The first kappa shape index (κ1) is 10.6. The molecule has 0 bridgehead atoms. The Labute approximate surface area is 69.7 Å². The third kappa shape index (κ3) is 4.45. The first-order chi connectivity index (χ1) is 5.57. The molecular weight excluding hydrogens is 162 g/mol. The van der Waals surface area contributed by atoms with E-state index in [4.69, 9.17) is 10.2 Å². The summed E-state index contributed by atoms with van der Waals surface area (Å²) in [5.41, 5.74) is 0. The van der Waals surface area contributed by atoms with Crippen LogP contribution >= 0.6 is 0 Å². The molecule has 0 fully saturated rings. The third-order valence-corrected chi connectivity index (χ3v) is 1.09. The van der Waals surface area contributed by atoms with Crippen molar-refractivity contribution in [1.29, 1.82) is 0 Å². The number of carboxylic acid groups (broad SMARTS) is 1. The number of amides is 1. The second kappa shape index (κ2) is 5.31. The van der Waals surface area contributed by atoms with Crippen LogP contribution in [0.15, 0.2) is 12.7 Å². The van der Waals surface area contributed by atoms with Crippen molar-refractivity contribution in [3.63, 3.8) is 0 Å². The quantitative estimate of drug-likeness (QED) is 0.471. The minimum atomic E-state index is -1.48. The Bertz CT molecular complexity index is 190. The zero-order chi connectivity index (χ0) is 9.56. The number of carbonyl (C=O) groups excluding carboxylic acids is 1. The molecule has 0 radical (unpaired) electrons. The van der Waals surface area contributed by atoms with Crippen molar-refractivity contribution in [3.8, 4) is 0 Å². The molecule has 0 aliphatic carbocycles. The summed E-state index contributed by atoms with van der Waals surface area (Å²) in [7, 11) is 0. The number of carboxylic acids is 1. The summed E-state index contributed by atoms with van der Waals surface area (Å²) in [6.07, 6.45) is -0.628. The van der Waals surface area contributed by atoms with Gasteiger partial charge in [-0.1, -0.05) is 6.08 Å². The predicted molar refractivity (Wildman–Crippen MR) is 41.5 cm³/mol. The first-order valence-electron chi connectivity index (χ1n) is 3.36. The Hall–Kier alpha value is -1.36. The van der Waals surface area contributed by atoms with Gasteiger partial charge in [0, 0.05) is 6.54 Å². The number of hydrogen-bond donors (Lipinski definition) is 3. The fourth-order valence-electron chi connectivity index (χ4n) is 0.549. The van der Waals surface area contributed by atoms with Crippen LogP contribution in [0, 0.1) is 0 Å². The molecule has 68 valence electrons. The Balaban J connectivity index is 3.76. The highest BCUT2D eigenvalue weighted by molar-refractivity contribution is 5.84. The maximum Gasteiger partial charge on any atom is 0.306 e. The molecule has 1 unspecified atom stereocenters. The van der Waals surface area contributed by atoms with Gasteiger partial charge in [0.15, 0.2) is 0 Å². The maximum absolute atomic E-state index is 10.8. The van der Waals surface area contributed by atoms with Gasteiger partial charge in [-0.05, 0) is 0 Å². The van der Waals surface area contributed by atoms with Crippen LogP contribution in [0.5, 0.6) is 0 Å². The molecule has 12 heavy (non-hydrogen) atoms. The highest BCUT2D eigenvalue weighted by Gasteiger charge is 2.16. The molecule has 0 aromatic rings. The van der Waals surface area contributed by atoms with E-state index in [1.807, 2.05) is 0 Å². The van der Waals surface area contributed by atoms with Gasteiger partial charge in [0.2, 0.25) is 5.91 Å². The van der Waals surface area contributed by atoms with Crippen LogP contribution in [0.2, 0.25) is 0 Å². The number of aliphatic hydroxyl groups is 1. The van der Waals surface area contributed by atoms with E-state index in [2.05, 4.69) is 11.9 Å². The fraction of sp³-hybridized carbons (Fsp3) is 0.429. The van der Waals surface area contributed by atoms with Gasteiger partial charge in [0.05, 0.1) is 6.42 Å². The molecule has 0 aliphatic heterocycles. The first-order valence-corrected chi connectivity index (χ1v) is 3.36. The predicted octanol–water partition coefficient (Wildman–Crippen LogP) is -0.876. The van der Waals surface area contributed by atoms with Gasteiger partial charge in [-0.2, -0.15) is 0 Å². The minimum Gasteiger partial charge on any atom is -0.481 e. The maximum atomic E-state index is 10.8. The Morgan fingerprint density at radius 3 is 2.58 bits per heavy atom. The summed E-state index contributed by atoms with van der Waals surface area (Å²) in [4.78, 5) is 20.8. The molecule has 5 heteroatoms. The summed E-state index contributed by atoms with van der Waals surface area (Å²) in [6, 6.07) is 0. The van der Waals surface area contributed by atoms with E-state index in [1.54, 1.807) is 0 Å². The van der Waals surface area contributed by atoms with Gasteiger partial charge < -0.3 is 15.5 Å². The van der Waals surface area contributed by atoms with Gasteiger partial charge in [-0.3, -0.25) is 9.59 Å². The van der Waals surface area contributed by atoms with E-state index >= 15 is 0 Å². The molecule has 0 saturated heterocycles. The van der Waals surface area contributed by atoms with Crippen LogP contribution in [0.1, 0.15) is 6.42 Å². The highest BCUT2D eigenvalue weighted by Crippen LogP contribution is 1.90. The average Bonchev–Trinajstić information content (AvgIpc) is 1.98. The lowest BCUT2D eigenvalue weighted by atomic mass is 10.2. The normalized spacial score (nSPS) is 11.8. The summed E-state index contributed by atoms with van der Waals surface area (Å²) in [5, 5.41) is 19.4. The molecule has 1 amide bonds. The zero-order valence-corrected chi connectivity index (χ0v) is 6.49. The molecular formula is C7H11NO4. The van der Waals surface area contributed by atoms with E-state index < -0.39 is 24.4 Å². The smallest absolute Gasteiger partial charge is 0.306 e. The van der Waals surface area contributed by atoms with Crippen molar-refractivity contribution in [3.05, 3.63) is 12.7 Å². The lowest BCUT2D eigenvalue weighted by Gasteiger charge is -2.06. The van der Waals surface area contributed by atoms with Gasteiger partial charge in [-0.25, -0.2) is 0 Å². The second-order valence-electron chi connectivity index (χ2n) is 2.15. The van der Waals surface area contributed by atoms with Crippen LogP contribution < -0.4 is 5.32 Å². The second-order valence-corrected chi connectivity index (χ2v) is 2.15. The Morgan fingerprint density at radius 1 is 1.58 bits per heavy atom. The molecule has 0 aromatic heterocycles. The largest absolute Gasteiger partial charge is 0.481 e. The van der Waals surface area contributed by atoms with Gasteiger partial charge in [0.1, 0.15) is 6.10 Å². The highest BCUT2D eigenvalue weighted by atomic mass is 16.4. The molecule has 1 atom stereocenters. The molecule has 0 heterocycles. The molecule has 0 rings (SSSR count). The molecule has 5 nitrogen and oxygen atoms in total. The van der Waals surface area contributed by atoms with Crippen molar-refractivity contribution >= 4 is 11.9 Å². The van der Waals surface area contributed by atoms with Crippen molar-refractivity contribution in [1.82, 2.24) is 5.32 Å². The van der Waals surface area contributed by atoms with Crippen molar-refractivity contribution in [2.75, 3.05) is 6.54 Å². The number of rotatable bonds is 5. The van der Waals surface area contributed by atoms with Crippen molar-refractivity contribution in [2.24, 2.45) is 0 Å². The molecule has 0 saturated carbocycles. The van der Waals surface area contributed by atoms with E-state index in [9.17, 15) is 9.59 Å². The minimum absolute atomic E-state index is 0.218. The van der Waals surface area contributed by atoms with Gasteiger partial charge in [0.25, 0.3) is 0 Å². The summed E-state index contributed by atoms with van der Waals surface area (Å²) in [6.45, 7) is 3.56. The summed E-state index contributed by atoms with van der Waals surface area (Å²) < 4.78 is 0. The summed E-state index contributed by atoms with van der Waals surface area (Å²) >= 11 is 0. The number of nitrogens with one attached hydrogen (secondary N) is 1. The topological polar surface area (TPSA) is 86.6 Å². The van der Waals surface area contributed by atoms with Crippen LogP contribution in [-0.4, -0.2) is 34.7 Å². The average molecular weight is 173 g/mol. The van der Waals surface area contributed by atoms with Crippen LogP contribution in [-0.2, 0) is 9.59 Å². The Kier molecular flexibility index (Phi) is 4.71. The number of hydrogen-bond acceptors (Lipinski definition) is 3. The zero-order valence-electron chi connectivity index (χ0n) is 6.49. The van der Waals surface area contributed by atoms with Crippen LogP contribution in [0.4, 0.5) is 0 Å². The molecule has 0 aliphatic rings. The van der Waals surface area contributed by atoms with Crippen molar-refractivity contribution < 1.29 is 19.8 Å². The van der Waals surface area contributed by atoms with E-state index in [0.29, 0.717) is 0 Å². The lowest BCUT2D eigenvalue weighted by Crippen LogP contribution is -2.35. The lowest BCUT2D eigenvalue weighted by molar-refractivity contribution is -0.143. The number of aliphatic hydroxyl groups excluding tert-OH is 1. The van der Waals surface area contributed by atoms with E-state index in [-0.39, 0.29) is 6.54 Å². The third-order valence-electron chi connectivity index (χ3n) is 1.09. The Morgan fingerprint density at radius 2 is 2.17 bits per heavy atom. The number of aliphatic carboxylic acids is 1. The van der Waals surface area contributed by atoms with Crippen molar-refractivity contribution in [2.45, 2.75) is 12.5 Å². The van der Waals surface area contributed by atoms with E-state index in [0.717, 1.165) is 0 Å². The van der Waals surface area contributed by atoms with Gasteiger partial charge >= 0.3 is 5.97 Å².